The fraction of sp³-hybridized carbons (Fsp3) is 0.571. The second-order valence-electron chi connectivity index (χ2n) is 8.87. The molecule has 0 aromatic carbocycles. The zero-order valence-electron chi connectivity index (χ0n) is 18.8. The van der Waals surface area contributed by atoms with Gasteiger partial charge in [-0.15, -0.1) is 0 Å². The minimum Gasteiger partial charge on any atom is -0.351 e. The van der Waals surface area contributed by atoms with E-state index in [1.54, 1.807) is 6.20 Å². The lowest BCUT2D eigenvalue weighted by atomic mass is 9.95. The molecule has 0 fully saturated rings. The van der Waals surface area contributed by atoms with Gasteiger partial charge in [-0.3, -0.25) is 10.1 Å². The van der Waals surface area contributed by atoms with E-state index in [-0.39, 0.29) is 29.8 Å². The average molecular weight is 433 g/mol. The van der Waals surface area contributed by atoms with Gasteiger partial charge >= 0.3 is 6.03 Å². The number of carbonyl (C=O) groups is 2. The van der Waals surface area contributed by atoms with E-state index in [4.69, 9.17) is 0 Å². The van der Waals surface area contributed by atoms with Crippen molar-refractivity contribution in [3.05, 3.63) is 23.8 Å². The van der Waals surface area contributed by atoms with Crippen LogP contribution >= 0.6 is 11.3 Å². The van der Waals surface area contributed by atoms with Gasteiger partial charge in [-0.2, -0.15) is 0 Å². The van der Waals surface area contributed by atoms with E-state index in [2.05, 4.69) is 51.7 Å². The molecule has 2 aromatic rings. The first-order valence-corrected chi connectivity index (χ1v) is 10.9. The Kier molecular flexibility index (Phi) is 7.52. The highest BCUT2D eigenvalue weighted by Crippen LogP contribution is 2.32. The Balaban J connectivity index is 1.95. The van der Waals surface area contributed by atoms with Crippen molar-refractivity contribution in [2.75, 3.05) is 11.9 Å². The smallest absolute Gasteiger partial charge is 0.321 e. The van der Waals surface area contributed by atoms with Crippen LogP contribution in [0.25, 0.3) is 10.6 Å². The van der Waals surface area contributed by atoms with Crippen LogP contribution in [-0.4, -0.2) is 39.0 Å². The van der Waals surface area contributed by atoms with E-state index in [9.17, 15) is 9.59 Å². The lowest BCUT2D eigenvalue weighted by molar-refractivity contribution is -0.122. The molecule has 8 nitrogen and oxygen atoms in total. The minimum atomic E-state index is -0.393. The van der Waals surface area contributed by atoms with Gasteiger partial charge in [0.2, 0.25) is 5.91 Å². The maximum atomic E-state index is 12.2. The molecule has 0 bridgehead atoms. The summed E-state index contributed by atoms with van der Waals surface area (Å²) >= 11 is 1.36. The maximum Gasteiger partial charge on any atom is 0.321 e. The summed E-state index contributed by atoms with van der Waals surface area (Å²) in [7, 11) is 0. The SMILES string of the molecule is CCC(C)(C)NC(=O)CCNC(=O)Nc1nc(C)c(-c2ccnc(C(C)(C)C)n2)s1. The van der Waals surface area contributed by atoms with Crippen LogP contribution in [0.15, 0.2) is 12.3 Å². The second kappa shape index (κ2) is 9.51. The van der Waals surface area contributed by atoms with Gasteiger partial charge in [0.15, 0.2) is 5.13 Å². The van der Waals surface area contributed by atoms with E-state index >= 15 is 0 Å². The van der Waals surface area contributed by atoms with Gasteiger partial charge in [0.25, 0.3) is 0 Å². The van der Waals surface area contributed by atoms with Gasteiger partial charge in [0, 0.05) is 30.1 Å². The topological polar surface area (TPSA) is 109 Å². The lowest BCUT2D eigenvalue weighted by Crippen LogP contribution is -2.44. The molecule has 0 unspecified atom stereocenters. The molecule has 164 valence electrons. The number of thiazole rings is 1. The van der Waals surface area contributed by atoms with Crippen molar-refractivity contribution in [3.63, 3.8) is 0 Å². The van der Waals surface area contributed by atoms with Crippen LogP contribution in [0.4, 0.5) is 9.93 Å². The summed E-state index contributed by atoms with van der Waals surface area (Å²) in [6.07, 6.45) is 2.80. The van der Waals surface area contributed by atoms with Crippen LogP contribution in [0, 0.1) is 6.92 Å². The molecule has 3 N–H and O–H groups in total. The number of amides is 3. The fourth-order valence-electron chi connectivity index (χ4n) is 2.49. The number of hydrogen-bond acceptors (Lipinski definition) is 6. The van der Waals surface area contributed by atoms with Crippen molar-refractivity contribution >= 4 is 28.4 Å². The van der Waals surface area contributed by atoms with Crippen molar-refractivity contribution in [1.29, 1.82) is 0 Å². The van der Waals surface area contributed by atoms with Gasteiger partial charge in [0.05, 0.1) is 16.3 Å². The van der Waals surface area contributed by atoms with Gasteiger partial charge in [-0.25, -0.2) is 19.7 Å². The molecule has 0 aliphatic carbocycles. The summed E-state index contributed by atoms with van der Waals surface area (Å²) in [5.41, 5.74) is 1.17. The largest absolute Gasteiger partial charge is 0.351 e. The van der Waals surface area contributed by atoms with Crippen LogP contribution in [0.2, 0.25) is 0 Å². The van der Waals surface area contributed by atoms with E-state index < -0.39 is 6.03 Å². The molecule has 9 heteroatoms. The highest BCUT2D eigenvalue weighted by Gasteiger charge is 2.20. The van der Waals surface area contributed by atoms with Gasteiger partial charge < -0.3 is 10.6 Å². The first kappa shape index (κ1) is 23.7. The third kappa shape index (κ3) is 6.76. The Morgan fingerprint density at radius 2 is 1.83 bits per heavy atom. The summed E-state index contributed by atoms with van der Waals surface area (Å²) in [5.74, 6) is 0.664. The fourth-order valence-corrected chi connectivity index (χ4v) is 3.42. The van der Waals surface area contributed by atoms with Crippen LogP contribution in [0.3, 0.4) is 0 Å². The molecule has 0 radical (unpaired) electrons. The number of aromatic nitrogens is 3. The number of nitrogens with one attached hydrogen (secondary N) is 3. The molecule has 30 heavy (non-hydrogen) atoms. The van der Waals surface area contributed by atoms with Crippen LogP contribution in [-0.2, 0) is 10.2 Å². The quantitative estimate of drug-likeness (QED) is 0.612. The summed E-state index contributed by atoms with van der Waals surface area (Å²) in [5, 5.41) is 8.85. The number of hydrogen-bond donors (Lipinski definition) is 3. The molecule has 2 heterocycles. The van der Waals surface area contributed by atoms with E-state index in [0.717, 1.165) is 28.5 Å². The standard InChI is InChI=1S/C21H32N6O2S/c1-8-21(6,7)27-15(28)10-12-23-18(29)26-19-24-13(2)16(30-19)14-9-11-22-17(25-14)20(3,4)5/h9,11H,8,10,12H2,1-7H3,(H,27,28)(H2,23,24,26,29). The Morgan fingerprint density at radius 1 is 1.13 bits per heavy atom. The van der Waals surface area contributed by atoms with Crippen molar-refractivity contribution in [3.8, 4) is 10.6 Å². The number of carbonyl (C=O) groups excluding carboxylic acids is 2. The van der Waals surface area contributed by atoms with Crippen molar-refractivity contribution in [1.82, 2.24) is 25.6 Å². The molecular weight excluding hydrogens is 400 g/mol. The van der Waals surface area contributed by atoms with Gasteiger partial charge in [-0.1, -0.05) is 39.0 Å². The molecule has 0 aliphatic heterocycles. The van der Waals surface area contributed by atoms with Crippen molar-refractivity contribution in [2.45, 2.75) is 72.3 Å². The van der Waals surface area contributed by atoms with Crippen LogP contribution in [0.1, 0.15) is 65.9 Å². The highest BCUT2D eigenvalue weighted by molar-refractivity contribution is 7.19. The first-order chi connectivity index (χ1) is 13.9. The average Bonchev–Trinajstić information content (AvgIpc) is 3.00. The monoisotopic (exact) mass is 432 g/mol. The van der Waals surface area contributed by atoms with Gasteiger partial charge in [-0.05, 0) is 33.3 Å². The Hall–Kier alpha value is -2.55. The normalized spacial score (nSPS) is 11.8. The lowest BCUT2D eigenvalue weighted by Gasteiger charge is -2.24. The number of anilines is 1. The zero-order chi connectivity index (χ0) is 22.5. The summed E-state index contributed by atoms with van der Waals surface area (Å²) < 4.78 is 0. The maximum absolute atomic E-state index is 12.2. The number of aryl methyl sites for hydroxylation is 1. The summed E-state index contributed by atoms with van der Waals surface area (Å²) in [4.78, 5) is 38.5. The molecule has 3 amide bonds. The van der Waals surface area contributed by atoms with E-state index in [1.165, 1.54) is 11.3 Å². The number of nitrogens with zero attached hydrogens (tertiary/aromatic N) is 3. The molecule has 0 spiro atoms. The van der Waals surface area contributed by atoms with E-state index in [0.29, 0.717) is 5.13 Å². The van der Waals surface area contributed by atoms with Crippen molar-refractivity contribution in [2.24, 2.45) is 0 Å². The Bertz CT molecular complexity index is 901. The highest BCUT2D eigenvalue weighted by atomic mass is 32.1. The van der Waals surface area contributed by atoms with Crippen LogP contribution < -0.4 is 16.0 Å². The minimum absolute atomic E-state index is 0.0899. The van der Waals surface area contributed by atoms with E-state index in [1.807, 2.05) is 33.8 Å². The molecule has 2 rings (SSSR count). The first-order valence-electron chi connectivity index (χ1n) is 10.1. The predicted octanol–water partition coefficient (Wildman–Crippen LogP) is 4.02. The predicted molar refractivity (Wildman–Crippen MR) is 121 cm³/mol. The molecule has 0 atom stereocenters. The van der Waals surface area contributed by atoms with Crippen molar-refractivity contribution < 1.29 is 9.59 Å². The summed E-state index contributed by atoms with van der Waals surface area (Å²) in [6, 6.07) is 1.45. The van der Waals surface area contributed by atoms with Crippen LogP contribution in [0.5, 0.6) is 0 Å². The van der Waals surface area contributed by atoms with Gasteiger partial charge in [0.1, 0.15) is 5.82 Å². The number of urea groups is 1. The Labute approximate surface area is 182 Å². The molecule has 0 saturated heterocycles. The molecule has 2 aromatic heterocycles. The third-order valence-corrected chi connectivity index (χ3v) is 5.67. The Morgan fingerprint density at radius 3 is 2.47 bits per heavy atom. The molecule has 0 saturated carbocycles. The second-order valence-corrected chi connectivity index (χ2v) is 9.86. The third-order valence-electron chi connectivity index (χ3n) is 4.58. The molecule has 0 aliphatic rings. The zero-order valence-corrected chi connectivity index (χ0v) is 19.7. The molecular formula is C21H32N6O2S. The summed E-state index contributed by atoms with van der Waals surface area (Å²) in [6.45, 7) is 14.3. The number of rotatable bonds is 7.